The van der Waals surface area contributed by atoms with E-state index in [1.807, 2.05) is 25.3 Å². The second-order valence-corrected chi connectivity index (χ2v) is 7.52. The second-order valence-electron chi connectivity index (χ2n) is 7.52. The highest BCUT2D eigenvalue weighted by Crippen LogP contribution is 2.33. The molecule has 2 aromatic heterocycles. The number of likely N-dealkylation sites (tertiary alicyclic amines) is 1. The van der Waals surface area contributed by atoms with Crippen molar-refractivity contribution < 1.29 is 8.81 Å². The Morgan fingerprint density at radius 2 is 1.93 bits per heavy atom. The number of halogens is 1. The van der Waals surface area contributed by atoms with Crippen LogP contribution >= 0.6 is 0 Å². The third kappa shape index (κ3) is 4.14. The van der Waals surface area contributed by atoms with Crippen molar-refractivity contribution in [2.75, 3.05) is 13.1 Å². The number of aromatic nitrogens is 2. The van der Waals surface area contributed by atoms with Crippen molar-refractivity contribution in [3.63, 3.8) is 0 Å². The van der Waals surface area contributed by atoms with E-state index >= 15 is 0 Å². The normalized spacial score (nSPS) is 17.8. The Labute approximate surface area is 165 Å². The van der Waals surface area contributed by atoms with Crippen LogP contribution in [-0.2, 0) is 13.0 Å². The van der Waals surface area contributed by atoms with Gasteiger partial charge in [0, 0.05) is 30.6 Å². The molecule has 0 bridgehead atoms. The summed E-state index contributed by atoms with van der Waals surface area (Å²) in [6, 6.07) is 10.8. The number of hydrogen-bond donors (Lipinski definition) is 0. The molecule has 0 aliphatic carbocycles. The van der Waals surface area contributed by atoms with Gasteiger partial charge < -0.3 is 4.42 Å². The van der Waals surface area contributed by atoms with Gasteiger partial charge in [0.25, 0.3) is 0 Å². The highest BCUT2D eigenvalue weighted by atomic mass is 19.1. The minimum absolute atomic E-state index is 0.230. The molecule has 3 aromatic rings. The number of nitrogens with zero attached hydrogens (tertiary/aromatic N) is 3. The molecule has 1 saturated heterocycles. The van der Waals surface area contributed by atoms with Crippen LogP contribution in [0.25, 0.3) is 11.1 Å². The van der Waals surface area contributed by atoms with Crippen LogP contribution in [0.1, 0.15) is 48.7 Å². The van der Waals surface area contributed by atoms with Crippen LogP contribution in [0.5, 0.6) is 0 Å². The van der Waals surface area contributed by atoms with Gasteiger partial charge >= 0.3 is 0 Å². The molecule has 0 radical (unpaired) electrons. The third-order valence-corrected chi connectivity index (χ3v) is 5.43. The zero-order valence-electron chi connectivity index (χ0n) is 16.5. The smallest absolute Gasteiger partial charge is 0.125 e. The van der Waals surface area contributed by atoms with Crippen molar-refractivity contribution in [3.05, 3.63) is 71.5 Å². The lowest BCUT2D eigenvalue weighted by Crippen LogP contribution is -2.34. The molecule has 4 nitrogen and oxygen atoms in total. The molecule has 146 valence electrons. The maximum absolute atomic E-state index is 13.4. The molecule has 3 heterocycles. The molecule has 1 unspecified atom stereocenters. The average Bonchev–Trinajstić information content (AvgIpc) is 3.16. The molecule has 1 fully saturated rings. The fourth-order valence-electron chi connectivity index (χ4n) is 3.99. The van der Waals surface area contributed by atoms with Crippen molar-refractivity contribution in [2.24, 2.45) is 0 Å². The molecule has 0 saturated carbocycles. The predicted molar refractivity (Wildman–Crippen MR) is 108 cm³/mol. The highest BCUT2D eigenvalue weighted by Gasteiger charge is 2.26. The Balaban J connectivity index is 1.57. The summed E-state index contributed by atoms with van der Waals surface area (Å²) in [6.45, 7) is 6.86. The summed E-state index contributed by atoms with van der Waals surface area (Å²) >= 11 is 0. The standard InChI is InChI=1S/C23H26FN3O/c1-3-20-10-11-21(28-20)15-27-12-4-5-18(14-27)23-22(13-25-16(2)26-23)17-6-8-19(24)9-7-17/h6-11,13,18H,3-5,12,14-15H2,1-2H3. The topological polar surface area (TPSA) is 42.2 Å². The van der Waals surface area contributed by atoms with E-state index in [4.69, 9.17) is 9.40 Å². The van der Waals surface area contributed by atoms with Crippen LogP contribution in [0.3, 0.4) is 0 Å². The summed E-state index contributed by atoms with van der Waals surface area (Å²) in [5.74, 6) is 2.93. The zero-order chi connectivity index (χ0) is 19.5. The van der Waals surface area contributed by atoms with E-state index in [1.54, 1.807) is 0 Å². The highest BCUT2D eigenvalue weighted by molar-refractivity contribution is 5.65. The lowest BCUT2D eigenvalue weighted by Gasteiger charge is -2.32. The fraction of sp³-hybridized carbons (Fsp3) is 0.391. The average molecular weight is 379 g/mol. The van der Waals surface area contributed by atoms with Crippen LogP contribution in [0.15, 0.2) is 47.0 Å². The fourth-order valence-corrected chi connectivity index (χ4v) is 3.99. The van der Waals surface area contributed by atoms with Gasteiger partial charge in [0.1, 0.15) is 23.2 Å². The number of hydrogen-bond acceptors (Lipinski definition) is 4. The molecule has 1 atom stereocenters. The molecule has 5 heteroatoms. The van der Waals surface area contributed by atoms with Gasteiger partial charge in [0.2, 0.25) is 0 Å². The SMILES string of the molecule is CCc1ccc(CN2CCCC(c3nc(C)ncc3-c3ccc(F)cc3)C2)o1. The van der Waals surface area contributed by atoms with Crippen molar-refractivity contribution in [2.45, 2.75) is 45.6 Å². The maximum Gasteiger partial charge on any atom is 0.125 e. The van der Waals surface area contributed by atoms with Crippen LogP contribution in [-0.4, -0.2) is 28.0 Å². The minimum Gasteiger partial charge on any atom is -0.465 e. The summed E-state index contributed by atoms with van der Waals surface area (Å²) in [5, 5.41) is 0. The van der Waals surface area contributed by atoms with Gasteiger partial charge in [-0.1, -0.05) is 19.1 Å². The van der Waals surface area contributed by atoms with E-state index in [9.17, 15) is 4.39 Å². The molecular formula is C23H26FN3O. The summed E-state index contributed by atoms with van der Waals surface area (Å²) < 4.78 is 19.3. The molecule has 28 heavy (non-hydrogen) atoms. The molecule has 1 aliphatic rings. The molecule has 1 aliphatic heterocycles. The van der Waals surface area contributed by atoms with E-state index in [-0.39, 0.29) is 5.82 Å². The van der Waals surface area contributed by atoms with Crippen molar-refractivity contribution in [3.8, 4) is 11.1 Å². The van der Waals surface area contributed by atoms with Gasteiger partial charge in [-0.3, -0.25) is 4.90 Å². The first-order valence-corrected chi connectivity index (χ1v) is 10.0. The quantitative estimate of drug-likeness (QED) is 0.617. The summed E-state index contributed by atoms with van der Waals surface area (Å²) in [5.41, 5.74) is 3.04. The van der Waals surface area contributed by atoms with Gasteiger partial charge in [0.15, 0.2) is 0 Å². The van der Waals surface area contributed by atoms with E-state index in [1.165, 1.54) is 12.1 Å². The third-order valence-electron chi connectivity index (χ3n) is 5.43. The molecule has 4 rings (SSSR count). The number of piperidine rings is 1. The Bertz CT molecular complexity index is 935. The Kier molecular flexibility index (Phi) is 5.53. The Morgan fingerprint density at radius 1 is 1.14 bits per heavy atom. The van der Waals surface area contributed by atoms with Gasteiger partial charge in [-0.05, 0) is 56.1 Å². The largest absolute Gasteiger partial charge is 0.465 e. The first-order chi connectivity index (χ1) is 13.6. The number of rotatable bonds is 5. The van der Waals surface area contributed by atoms with Gasteiger partial charge in [0.05, 0.1) is 12.2 Å². The summed E-state index contributed by atoms with van der Waals surface area (Å²) in [4.78, 5) is 11.6. The number of benzene rings is 1. The van der Waals surface area contributed by atoms with Gasteiger partial charge in [-0.25, -0.2) is 14.4 Å². The van der Waals surface area contributed by atoms with Crippen LogP contribution in [0.4, 0.5) is 4.39 Å². The van der Waals surface area contributed by atoms with Crippen molar-refractivity contribution in [1.29, 1.82) is 0 Å². The second kappa shape index (κ2) is 8.23. The zero-order valence-corrected chi connectivity index (χ0v) is 16.5. The minimum atomic E-state index is -0.230. The van der Waals surface area contributed by atoms with Gasteiger partial charge in [-0.2, -0.15) is 0 Å². The molecule has 0 N–H and O–H groups in total. The van der Waals surface area contributed by atoms with Crippen LogP contribution in [0, 0.1) is 12.7 Å². The maximum atomic E-state index is 13.4. The first kappa shape index (κ1) is 18.8. The van der Waals surface area contributed by atoms with E-state index < -0.39 is 0 Å². The lowest BCUT2D eigenvalue weighted by molar-refractivity contribution is 0.184. The monoisotopic (exact) mass is 379 g/mol. The molecular weight excluding hydrogens is 353 g/mol. The molecule has 1 aromatic carbocycles. The Morgan fingerprint density at radius 3 is 2.68 bits per heavy atom. The van der Waals surface area contributed by atoms with E-state index in [0.29, 0.717) is 5.92 Å². The first-order valence-electron chi connectivity index (χ1n) is 10.0. The van der Waals surface area contributed by atoms with Crippen molar-refractivity contribution >= 4 is 0 Å². The van der Waals surface area contributed by atoms with E-state index in [2.05, 4.69) is 28.9 Å². The summed E-state index contributed by atoms with van der Waals surface area (Å²) in [7, 11) is 0. The van der Waals surface area contributed by atoms with E-state index in [0.717, 1.165) is 73.1 Å². The predicted octanol–water partition coefficient (Wildman–Crippen LogP) is 5.13. The number of furan rings is 1. The summed E-state index contributed by atoms with van der Waals surface area (Å²) in [6.07, 6.45) is 5.02. The Hall–Kier alpha value is -2.53. The van der Waals surface area contributed by atoms with Crippen molar-refractivity contribution in [1.82, 2.24) is 14.9 Å². The number of aryl methyl sites for hydroxylation is 2. The lowest BCUT2D eigenvalue weighted by atomic mass is 9.90. The molecule has 0 spiro atoms. The van der Waals surface area contributed by atoms with Crippen LogP contribution in [0.2, 0.25) is 0 Å². The van der Waals surface area contributed by atoms with Gasteiger partial charge in [-0.15, -0.1) is 0 Å². The molecule has 0 amide bonds. The van der Waals surface area contributed by atoms with Crippen LogP contribution < -0.4 is 0 Å².